The summed E-state index contributed by atoms with van der Waals surface area (Å²) in [6, 6.07) is 11.8. The van der Waals surface area contributed by atoms with Crippen LogP contribution in [-0.2, 0) is 30.3 Å². The molecular formula is C24H27BrN2O6. The van der Waals surface area contributed by atoms with E-state index in [1.54, 1.807) is 30.3 Å². The topological polar surface area (TPSA) is 111 Å². The minimum Gasteiger partial charge on any atom is -0.462 e. The summed E-state index contributed by atoms with van der Waals surface area (Å²) in [5.41, 5.74) is 2.48. The minimum atomic E-state index is -0.652. The van der Waals surface area contributed by atoms with E-state index in [-0.39, 0.29) is 18.7 Å². The van der Waals surface area contributed by atoms with Gasteiger partial charge in [0.25, 0.3) is 5.91 Å². The van der Waals surface area contributed by atoms with Crippen LogP contribution in [0, 0.1) is 0 Å². The first-order chi connectivity index (χ1) is 15.8. The first kappa shape index (κ1) is 26.1. The lowest BCUT2D eigenvalue weighted by atomic mass is 10.1. The first-order valence-corrected chi connectivity index (χ1v) is 11.4. The summed E-state index contributed by atoms with van der Waals surface area (Å²) in [5, 5.41) is 5.36. The first-order valence-electron chi connectivity index (χ1n) is 10.6. The van der Waals surface area contributed by atoms with Crippen molar-refractivity contribution in [1.29, 1.82) is 0 Å². The number of ether oxygens (including phenoxy) is 2. The summed E-state index contributed by atoms with van der Waals surface area (Å²) in [4.78, 5) is 47.8. The van der Waals surface area contributed by atoms with Gasteiger partial charge in [0, 0.05) is 22.3 Å². The Morgan fingerprint density at radius 3 is 2.27 bits per heavy atom. The predicted molar refractivity (Wildman–Crippen MR) is 128 cm³/mol. The van der Waals surface area contributed by atoms with Crippen LogP contribution in [0.1, 0.15) is 49.0 Å². The number of esters is 2. The number of halogens is 1. The van der Waals surface area contributed by atoms with Gasteiger partial charge in [0.15, 0.2) is 6.61 Å². The quantitative estimate of drug-likeness (QED) is 0.424. The van der Waals surface area contributed by atoms with E-state index in [1.807, 2.05) is 26.0 Å². The highest BCUT2D eigenvalue weighted by Gasteiger charge is 2.13. The van der Waals surface area contributed by atoms with E-state index in [2.05, 4.69) is 26.6 Å². The number of hydrogen-bond donors (Lipinski definition) is 2. The van der Waals surface area contributed by atoms with Gasteiger partial charge in [-0.05, 0) is 60.9 Å². The van der Waals surface area contributed by atoms with Gasteiger partial charge in [0.05, 0.1) is 18.6 Å². The second-order valence-electron chi connectivity index (χ2n) is 7.13. The molecule has 0 spiro atoms. The Bertz CT molecular complexity index is 991. The fraction of sp³-hybridized carbons (Fsp3) is 0.333. The molecule has 0 bridgehead atoms. The summed E-state index contributed by atoms with van der Waals surface area (Å²) < 4.78 is 10.9. The fourth-order valence-corrected chi connectivity index (χ4v) is 3.20. The molecule has 9 heteroatoms. The molecule has 0 heterocycles. The van der Waals surface area contributed by atoms with Crippen LogP contribution in [0.2, 0.25) is 0 Å². The molecule has 0 atom stereocenters. The molecule has 2 rings (SSSR count). The van der Waals surface area contributed by atoms with Crippen LogP contribution in [0.3, 0.4) is 0 Å². The number of carbonyl (C=O) groups excluding carboxylic acids is 4. The molecule has 2 N–H and O–H groups in total. The Kier molecular flexibility index (Phi) is 10.6. The van der Waals surface area contributed by atoms with E-state index < -0.39 is 24.5 Å². The Hall–Kier alpha value is -3.20. The monoisotopic (exact) mass is 518 g/mol. The lowest BCUT2D eigenvalue weighted by molar-refractivity contribution is -0.147. The molecule has 0 saturated carbocycles. The van der Waals surface area contributed by atoms with Crippen LogP contribution < -0.4 is 10.6 Å². The Morgan fingerprint density at radius 1 is 0.879 bits per heavy atom. The summed E-state index contributed by atoms with van der Waals surface area (Å²) >= 11 is 3.39. The molecule has 8 nitrogen and oxygen atoms in total. The van der Waals surface area contributed by atoms with Crippen molar-refractivity contribution in [3.05, 3.63) is 58.1 Å². The van der Waals surface area contributed by atoms with E-state index in [9.17, 15) is 19.2 Å². The van der Waals surface area contributed by atoms with E-state index in [0.29, 0.717) is 23.5 Å². The maximum absolute atomic E-state index is 12.1. The van der Waals surface area contributed by atoms with Crippen molar-refractivity contribution in [3.63, 3.8) is 0 Å². The zero-order valence-electron chi connectivity index (χ0n) is 18.6. The molecule has 0 radical (unpaired) electrons. The van der Waals surface area contributed by atoms with Crippen molar-refractivity contribution in [2.75, 3.05) is 23.8 Å². The highest BCUT2D eigenvalue weighted by molar-refractivity contribution is 9.10. The Balaban J connectivity index is 1.72. The highest BCUT2D eigenvalue weighted by Crippen LogP contribution is 2.21. The molecule has 2 aromatic rings. The zero-order valence-corrected chi connectivity index (χ0v) is 20.2. The van der Waals surface area contributed by atoms with E-state index in [0.717, 1.165) is 22.9 Å². The number of amides is 2. The summed E-state index contributed by atoms with van der Waals surface area (Å²) in [6.45, 7) is 3.79. The van der Waals surface area contributed by atoms with Gasteiger partial charge in [-0.25, -0.2) is 4.79 Å². The summed E-state index contributed by atoms with van der Waals surface area (Å²) in [6.07, 6.45) is 1.19. The number of aryl methyl sites for hydroxylation is 1. The van der Waals surface area contributed by atoms with Crippen molar-refractivity contribution >= 4 is 51.1 Å². The maximum Gasteiger partial charge on any atom is 0.338 e. The number of carbonyl (C=O) groups is 4. The molecule has 2 aromatic carbocycles. The van der Waals surface area contributed by atoms with Crippen molar-refractivity contribution in [2.45, 2.75) is 39.5 Å². The average molecular weight is 519 g/mol. The van der Waals surface area contributed by atoms with E-state index in [1.165, 1.54) is 0 Å². The highest BCUT2D eigenvalue weighted by atomic mass is 79.9. The number of anilines is 2. The molecule has 0 fully saturated rings. The van der Waals surface area contributed by atoms with Crippen molar-refractivity contribution in [1.82, 2.24) is 0 Å². The van der Waals surface area contributed by atoms with Crippen LogP contribution in [0.15, 0.2) is 46.9 Å². The van der Waals surface area contributed by atoms with Crippen LogP contribution in [0.4, 0.5) is 11.4 Å². The molecule has 0 aromatic heterocycles. The molecule has 0 aliphatic carbocycles. The third-order valence-corrected chi connectivity index (χ3v) is 4.98. The second kappa shape index (κ2) is 13.4. The summed E-state index contributed by atoms with van der Waals surface area (Å²) in [7, 11) is 0. The van der Waals surface area contributed by atoms with Crippen LogP contribution in [0.25, 0.3) is 0 Å². The number of rotatable bonds is 11. The average Bonchev–Trinajstić information content (AvgIpc) is 2.81. The number of nitrogens with one attached hydrogen (secondary N) is 2. The minimum absolute atomic E-state index is 0.104. The van der Waals surface area contributed by atoms with Crippen LogP contribution in [0.5, 0.6) is 0 Å². The van der Waals surface area contributed by atoms with E-state index in [4.69, 9.17) is 9.47 Å². The maximum atomic E-state index is 12.1. The smallest absolute Gasteiger partial charge is 0.338 e. The molecule has 0 aliphatic rings. The van der Waals surface area contributed by atoms with Gasteiger partial charge in [-0.1, -0.05) is 29.8 Å². The Labute approximate surface area is 201 Å². The molecule has 176 valence electrons. The molecule has 0 saturated heterocycles. The predicted octanol–water partition coefficient (Wildman–Crippen LogP) is 4.48. The van der Waals surface area contributed by atoms with Crippen LogP contribution in [-0.4, -0.2) is 37.0 Å². The molecule has 0 unspecified atom stereocenters. The number of benzene rings is 2. The van der Waals surface area contributed by atoms with Gasteiger partial charge >= 0.3 is 11.9 Å². The van der Waals surface area contributed by atoms with Gasteiger partial charge in [-0.15, -0.1) is 0 Å². The second-order valence-corrected chi connectivity index (χ2v) is 8.04. The van der Waals surface area contributed by atoms with Crippen LogP contribution >= 0.6 is 15.9 Å². The summed E-state index contributed by atoms with van der Waals surface area (Å²) in [5.74, 6) is -1.92. The lowest BCUT2D eigenvalue weighted by Crippen LogP contribution is -2.22. The van der Waals surface area contributed by atoms with Gasteiger partial charge < -0.3 is 20.1 Å². The molecule has 33 heavy (non-hydrogen) atoms. The van der Waals surface area contributed by atoms with Crippen molar-refractivity contribution in [3.8, 4) is 0 Å². The number of hydrogen-bond acceptors (Lipinski definition) is 6. The third-order valence-electron chi connectivity index (χ3n) is 4.48. The molecule has 2 amide bonds. The Morgan fingerprint density at radius 2 is 1.61 bits per heavy atom. The van der Waals surface area contributed by atoms with Gasteiger partial charge in [-0.2, -0.15) is 0 Å². The lowest BCUT2D eigenvalue weighted by Gasteiger charge is -2.11. The van der Waals surface area contributed by atoms with Crippen molar-refractivity contribution in [2.24, 2.45) is 0 Å². The third kappa shape index (κ3) is 9.05. The van der Waals surface area contributed by atoms with Gasteiger partial charge in [-0.3, -0.25) is 14.4 Å². The molecule has 0 aliphatic heterocycles. The zero-order chi connectivity index (χ0) is 24.2. The normalized spacial score (nSPS) is 10.3. The van der Waals surface area contributed by atoms with Gasteiger partial charge in [0.2, 0.25) is 5.91 Å². The molecular weight excluding hydrogens is 492 g/mol. The van der Waals surface area contributed by atoms with Gasteiger partial charge in [0.1, 0.15) is 0 Å². The van der Waals surface area contributed by atoms with E-state index >= 15 is 0 Å². The SMILES string of the molecule is CCCOC(=O)c1ccc(NC(=O)CCC(=O)OCC(=O)Nc2ccc(Br)cc2CC)cc1. The standard InChI is InChI=1S/C24H27BrN2O6/c1-3-13-32-24(31)17-5-8-19(9-6-17)26-21(28)11-12-23(30)33-15-22(29)27-20-10-7-18(25)14-16(20)4-2/h5-10,14H,3-4,11-13,15H2,1-2H3,(H,26,28)(H,27,29). The largest absolute Gasteiger partial charge is 0.462 e. The fourth-order valence-electron chi connectivity index (χ4n) is 2.79. The van der Waals surface area contributed by atoms with Crippen molar-refractivity contribution < 1.29 is 28.7 Å².